The van der Waals surface area contributed by atoms with Crippen molar-refractivity contribution in [2.75, 3.05) is 0 Å². The number of aromatic nitrogens is 2. The maximum atomic E-state index is 11.6. The summed E-state index contributed by atoms with van der Waals surface area (Å²) in [6.07, 6.45) is 3.82. The molecule has 4 nitrogen and oxygen atoms in total. The molecule has 0 aromatic carbocycles. The number of hydrogen-bond acceptors (Lipinski definition) is 5. The Bertz CT molecular complexity index is 438. The molecule has 0 saturated carbocycles. The summed E-state index contributed by atoms with van der Waals surface area (Å²) < 4.78 is 0. The van der Waals surface area contributed by atoms with Crippen molar-refractivity contribution < 1.29 is 4.79 Å². The van der Waals surface area contributed by atoms with Crippen LogP contribution in [-0.4, -0.2) is 25.9 Å². The summed E-state index contributed by atoms with van der Waals surface area (Å²) in [5.74, 6) is 0.0235. The summed E-state index contributed by atoms with van der Waals surface area (Å²) in [5, 5.41) is 9.63. The van der Waals surface area contributed by atoms with Crippen LogP contribution in [0.15, 0.2) is 12.3 Å². The molecule has 0 radical (unpaired) electrons. The minimum atomic E-state index is 0.0235. The number of thiocarbonyl (C=S) groups is 1. The lowest BCUT2D eigenvalue weighted by Crippen LogP contribution is -2.29. The van der Waals surface area contributed by atoms with Crippen molar-refractivity contribution in [1.82, 2.24) is 15.1 Å². The maximum absolute atomic E-state index is 11.6. The minimum Gasteiger partial charge on any atom is -0.312 e. The van der Waals surface area contributed by atoms with Crippen LogP contribution in [-0.2, 0) is 11.3 Å². The van der Waals surface area contributed by atoms with E-state index in [1.165, 1.54) is 11.3 Å². The SMILES string of the molecule is Cc1nnc(CN2C=CC(=S)CC2=O)s1. The quantitative estimate of drug-likeness (QED) is 0.733. The summed E-state index contributed by atoms with van der Waals surface area (Å²) in [6, 6.07) is 0. The molecule has 78 valence electrons. The molecule has 0 unspecified atom stereocenters. The molecule has 0 bridgehead atoms. The molecule has 1 aromatic rings. The number of aryl methyl sites for hydroxylation is 1. The fourth-order valence-electron chi connectivity index (χ4n) is 1.25. The van der Waals surface area contributed by atoms with Crippen molar-refractivity contribution in [2.45, 2.75) is 19.9 Å². The van der Waals surface area contributed by atoms with Gasteiger partial charge in [-0.15, -0.1) is 10.2 Å². The second-order valence-electron chi connectivity index (χ2n) is 3.20. The number of hydrogen-bond donors (Lipinski definition) is 0. The van der Waals surface area contributed by atoms with Gasteiger partial charge in [0.05, 0.1) is 13.0 Å². The normalized spacial score (nSPS) is 16.2. The minimum absolute atomic E-state index is 0.0235. The molecule has 1 amide bonds. The lowest BCUT2D eigenvalue weighted by atomic mass is 10.2. The van der Waals surface area contributed by atoms with Crippen LogP contribution in [0.3, 0.4) is 0 Å². The Labute approximate surface area is 96.6 Å². The highest BCUT2D eigenvalue weighted by Gasteiger charge is 2.18. The van der Waals surface area contributed by atoms with Crippen LogP contribution in [0, 0.1) is 6.92 Å². The van der Waals surface area contributed by atoms with Crippen molar-refractivity contribution in [3.8, 4) is 0 Å². The third kappa shape index (κ3) is 2.45. The lowest BCUT2D eigenvalue weighted by molar-refractivity contribution is -0.128. The molecule has 1 aliphatic heterocycles. The highest BCUT2D eigenvalue weighted by molar-refractivity contribution is 7.80. The number of carbonyl (C=O) groups is 1. The molecule has 0 atom stereocenters. The molecule has 0 fully saturated rings. The molecular weight excluding hydrogens is 230 g/mol. The number of rotatable bonds is 2. The van der Waals surface area contributed by atoms with Crippen LogP contribution in [0.1, 0.15) is 16.4 Å². The van der Waals surface area contributed by atoms with E-state index in [2.05, 4.69) is 10.2 Å². The monoisotopic (exact) mass is 239 g/mol. The van der Waals surface area contributed by atoms with Crippen molar-refractivity contribution >= 4 is 34.3 Å². The standard InChI is InChI=1S/C9H9N3OS2/c1-6-10-11-8(15-6)5-12-3-2-7(14)4-9(12)13/h2-3H,4-5H2,1H3. The van der Waals surface area contributed by atoms with Crippen molar-refractivity contribution in [2.24, 2.45) is 0 Å². The van der Waals surface area contributed by atoms with Gasteiger partial charge in [-0.1, -0.05) is 23.6 Å². The fraction of sp³-hybridized carbons (Fsp3) is 0.333. The van der Waals surface area contributed by atoms with E-state index in [-0.39, 0.29) is 5.91 Å². The highest BCUT2D eigenvalue weighted by atomic mass is 32.1. The Hall–Kier alpha value is -1.14. The zero-order valence-corrected chi connectivity index (χ0v) is 9.77. The first kappa shape index (κ1) is 10.4. The van der Waals surface area contributed by atoms with Crippen LogP contribution in [0.25, 0.3) is 0 Å². The second kappa shape index (κ2) is 4.16. The van der Waals surface area contributed by atoms with E-state index in [4.69, 9.17) is 12.2 Å². The third-order valence-corrected chi connectivity index (χ3v) is 3.06. The molecule has 1 aliphatic rings. The maximum Gasteiger partial charge on any atom is 0.232 e. The summed E-state index contributed by atoms with van der Waals surface area (Å²) in [5.41, 5.74) is 0. The van der Waals surface area contributed by atoms with Gasteiger partial charge in [-0.25, -0.2) is 0 Å². The van der Waals surface area contributed by atoms with Crippen LogP contribution in [0.2, 0.25) is 0 Å². The van der Waals surface area contributed by atoms with E-state index < -0.39 is 0 Å². The van der Waals surface area contributed by atoms with Gasteiger partial charge in [0.1, 0.15) is 10.0 Å². The van der Waals surface area contributed by atoms with Crippen molar-refractivity contribution in [3.63, 3.8) is 0 Å². The molecule has 1 aromatic heterocycles. The third-order valence-electron chi connectivity index (χ3n) is 1.96. The van der Waals surface area contributed by atoms with E-state index in [1.807, 2.05) is 6.92 Å². The number of carbonyl (C=O) groups excluding carboxylic acids is 1. The summed E-state index contributed by atoms with van der Waals surface area (Å²) >= 11 is 6.45. The molecule has 0 N–H and O–H groups in total. The Morgan fingerprint density at radius 1 is 1.60 bits per heavy atom. The molecule has 0 aliphatic carbocycles. The van der Waals surface area contributed by atoms with Crippen molar-refractivity contribution in [3.05, 3.63) is 22.3 Å². The molecule has 0 saturated heterocycles. The predicted octanol–water partition coefficient (Wildman–Crippen LogP) is 1.46. The van der Waals surface area contributed by atoms with E-state index in [1.54, 1.807) is 17.2 Å². The van der Waals surface area contributed by atoms with Gasteiger partial charge >= 0.3 is 0 Å². The van der Waals surface area contributed by atoms with Gasteiger partial charge < -0.3 is 4.90 Å². The first-order valence-electron chi connectivity index (χ1n) is 4.44. The van der Waals surface area contributed by atoms with Gasteiger partial charge in [-0.3, -0.25) is 4.79 Å². The van der Waals surface area contributed by atoms with E-state index in [0.717, 1.165) is 10.0 Å². The molecule has 2 heterocycles. The largest absolute Gasteiger partial charge is 0.312 e. The second-order valence-corrected chi connectivity index (χ2v) is 4.99. The van der Waals surface area contributed by atoms with Gasteiger partial charge in [-0.2, -0.15) is 0 Å². The van der Waals surface area contributed by atoms with Crippen LogP contribution in [0.5, 0.6) is 0 Å². The first-order chi connectivity index (χ1) is 7.15. The van der Waals surface area contributed by atoms with E-state index >= 15 is 0 Å². The number of amides is 1. The van der Waals surface area contributed by atoms with E-state index in [9.17, 15) is 4.79 Å². The van der Waals surface area contributed by atoms with Crippen LogP contribution >= 0.6 is 23.6 Å². The van der Waals surface area contributed by atoms with Gasteiger partial charge in [0.15, 0.2) is 0 Å². The summed E-state index contributed by atoms with van der Waals surface area (Å²) in [6.45, 7) is 2.38. The average Bonchev–Trinajstić information content (AvgIpc) is 2.56. The molecule has 0 spiro atoms. The van der Waals surface area contributed by atoms with Crippen LogP contribution < -0.4 is 0 Å². The smallest absolute Gasteiger partial charge is 0.232 e. The molecule has 6 heteroatoms. The van der Waals surface area contributed by atoms with Gasteiger partial charge in [-0.05, 0) is 13.0 Å². The summed E-state index contributed by atoms with van der Waals surface area (Å²) in [4.78, 5) is 13.9. The van der Waals surface area contributed by atoms with Crippen LogP contribution in [0.4, 0.5) is 0 Å². The molecule has 2 rings (SSSR count). The van der Waals surface area contributed by atoms with Crippen molar-refractivity contribution in [1.29, 1.82) is 0 Å². The van der Waals surface area contributed by atoms with Gasteiger partial charge in [0, 0.05) is 11.1 Å². The van der Waals surface area contributed by atoms with Gasteiger partial charge in [0.2, 0.25) is 5.91 Å². The molecular formula is C9H9N3OS2. The number of allylic oxidation sites excluding steroid dienone is 1. The van der Waals surface area contributed by atoms with E-state index in [0.29, 0.717) is 17.8 Å². The average molecular weight is 239 g/mol. The fourth-order valence-corrected chi connectivity index (χ4v) is 2.15. The Morgan fingerprint density at radius 3 is 3.00 bits per heavy atom. The zero-order chi connectivity index (χ0) is 10.8. The predicted molar refractivity (Wildman–Crippen MR) is 61.6 cm³/mol. The highest BCUT2D eigenvalue weighted by Crippen LogP contribution is 2.14. The Morgan fingerprint density at radius 2 is 2.40 bits per heavy atom. The topological polar surface area (TPSA) is 46.1 Å². The lowest BCUT2D eigenvalue weighted by Gasteiger charge is -2.20. The molecule has 15 heavy (non-hydrogen) atoms. The Kier molecular flexibility index (Phi) is 2.88. The Balaban J connectivity index is 2.09. The zero-order valence-electron chi connectivity index (χ0n) is 8.14. The first-order valence-corrected chi connectivity index (χ1v) is 5.67. The summed E-state index contributed by atoms with van der Waals surface area (Å²) in [7, 11) is 0. The van der Waals surface area contributed by atoms with Gasteiger partial charge in [0.25, 0.3) is 0 Å². The number of nitrogens with zero attached hydrogens (tertiary/aromatic N) is 3.